The van der Waals surface area contributed by atoms with Crippen LogP contribution in [0, 0.1) is 0 Å². The van der Waals surface area contributed by atoms with E-state index in [0.717, 1.165) is 34.5 Å². The molecule has 0 radical (unpaired) electrons. The van der Waals surface area contributed by atoms with E-state index in [9.17, 15) is 4.79 Å². The molecule has 3 aromatic rings. The molecule has 0 aliphatic carbocycles. The van der Waals surface area contributed by atoms with E-state index < -0.39 is 0 Å². The highest BCUT2D eigenvalue weighted by molar-refractivity contribution is 7.20. The molecular formula is C19H20N2OS2. The molecule has 0 bridgehead atoms. The van der Waals surface area contributed by atoms with E-state index in [1.165, 1.54) is 10.4 Å². The van der Waals surface area contributed by atoms with Gasteiger partial charge in [0.2, 0.25) is 0 Å². The van der Waals surface area contributed by atoms with Gasteiger partial charge in [-0.2, -0.15) is 0 Å². The van der Waals surface area contributed by atoms with Gasteiger partial charge in [-0.3, -0.25) is 9.69 Å². The summed E-state index contributed by atoms with van der Waals surface area (Å²) in [6.07, 6.45) is 1.13. The largest absolute Gasteiger partial charge is 0.350 e. The number of rotatable bonds is 4. The predicted octanol–water partition coefficient (Wildman–Crippen LogP) is 4.14. The summed E-state index contributed by atoms with van der Waals surface area (Å²) in [5, 5.41) is 6.43. The van der Waals surface area contributed by atoms with Crippen molar-refractivity contribution in [3.8, 4) is 0 Å². The number of nitrogens with one attached hydrogen (secondary N) is 1. The lowest BCUT2D eigenvalue weighted by Crippen LogP contribution is -2.44. The molecule has 24 heavy (non-hydrogen) atoms. The maximum Gasteiger partial charge on any atom is 0.261 e. The number of hydrogen-bond donors (Lipinski definition) is 1. The quantitative estimate of drug-likeness (QED) is 0.762. The molecule has 0 spiro atoms. The topological polar surface area (TPSA) is 32.3 Å². The lowest BCUT2D eigenvalue weighted by atomic mass is 10.1. The summed E-state index contributed by atoms with van der Waals surface area (Å²) in [5.74, 6) is 0.0382. The van der Waals surface area contributed by atoms with Gasteiger partial charge in [-0.1, -0.05) is 18.2 Å². The lowest BCUT2D eigenvalue weighted by Gasteiger charge is -2.32. The van der Waals surface area contributed by atoms with Gasteiger partial charge in [-0.25, -0.2) is 0 Å². The summed E-state index contributed by atoms with van der Waals surface area (Å²) in [6.45, 7) is 4.96. The smallest absolute Gasteiger partial charge is 0.261 e. The average Bonchev–Trinajstić information content (AvgIpc) is 3.24. The highest BCUT2D eigenvalue weighted by atomic mass is 32.1. The second-order valence-electron chi connectivity index (χ2n) is 6.30. The van der Waals surface area contributed by atoms with Crippen LogP contribution in [0.25, 0.3) is 10.1 Å². The van der Waals surface area contributed by atoms with E-state index in [1.54, 1.807) is 11.3 Å². The monoisotopic (exact) mass is 356 g/mol. The van der Waals surface area contributed by atoms with Crippen LogP contribution in [0.3, 0.4) is 0 Å². The molecule has 0 saturated carbocycles. The van der Waals surface area contributed by atoms with Crippen molar-refractivity contribution in [3.63, 3.8) is 0 Å². The van der Waals surface area contributed by atoms with Crippen LogP contribution in [-0.4, -0.2) is 29.9 Å². The summed E-state index contributed by atoms with van der Waals surface area (Å²) in [7, 11) is 0. The average molecular weight is 357 g/mol. The number of hydrogen-bond acceptors (Lipinski definition) is 4. The van der Waals surface area contributed by atoms with Crippen molar-refractivity contribution in [2.24, 2.45) is 0 Å². The minimum Gasteiger partial charge on any atom is -0.350 e. The number of carbonyl (C=O) groups is 1. The standard InChI is InChI=1S/C19H20N2OS2/c1-13(21-8-6-16-15(12-21)7-9-23-16)11-20-19(22)18-10-14-4-2-3-5-17(14)24-18/h2-5,7,9-10,13H,6,8,11-12H2,1H3,(H,20,22). The fourth-order valence-corrected chi connectivity index (χ4v) is 5.07. The minimum absolute atomic E-state index is 0.0382. The summed E-state index contributed by atoms with van der Waals surface area (Å²) < 4.78 is 1.16. The Balaban J connectivity index is 1.37. The van der Waals surface area contributed by atoms with Gasteiger partial charge in [0, 0.05) is 35.3 Å². The maximum atomic E-state index is 12.4. The van der Waals surface area contributed by atoms with E-state index >= 15 is 0 Å². The molecule has 1 aliphatic heterocycles. The summed E-state index contributed by atoms with van der Waals surface area (Å²) >= 11 is 3.42. The Morgan fingerprint density at radius 1 is 1.33 bits per heavy atom. The van der Waals surface area contributed by atoms with E-state index in [4.69, 9.17) is 0 Å². The van der Waals surface area contributed by atoms with Crippen LogP contribution < -0.4 is 5.32 Å². The van der Waals surface area contributed by atoms with Gasteiger partial charge in [0.05, 0.1) is 4.88 Å². The van der Waals surface area contributed by atoms with Crippen molar-refractivity contribution in [2.45, 2.75) is 25.9 Å². The van der Waals surface area contributed by atoms with Crippen LogP contribution in [0.2, 0.25) is 0 Å². The predicted molar refractivity (Wildman–Crippen MR) is 102 cm³/mol. The Morgan fingerprint density at radius 2 is 2.21 bits per heavy atom. The van der Waals surface area contributed by atoms with Gasteiger partial charge in [-0.05, 0) is 47.9 Å². The van der Waals surface area contributed by atoms with Crippen LogP contribution >= 0.6 is 22.7 Å². The molecule has 124 valence electrons. The molecule has 1 N–H and O–H groups in total. The molecule has 1 atom stereocenters. The molecule has 1 aromatic carbocycles. The second kappa shape index (κ2) is 6.67. The first kappa shape index (κ1) is 15.8. The fourth-order valence-electron chi connectivity index (χ4n) is 3.20. The van der Waals surface area contributed by atoms with Crippen LogP contribution in [0.5, 0.6) is 0 Å². The molecule has 1 unspecified atom stereocenters. The van der Waals surface area contributed by atoms with Gasteiger partial charge >= 0.3 is 0 Å². The molecule has 0 saturated heterocycles. The lowest BCUT2D eigenvalue weighted by molar-refractivity contribution is 0.0937. The molecular weight excluding hydrogens is 336 g/mol. The Morgan fingerprint density at radius 3 is 3.08 bits per heavy atom. The highest BCUT2D eigenvalue weighted by Crippen LogP contribution is 2.26. The third-order valence-corrected chi connectivity index (χ3v) is 6.81. The van der Waals surface area contributed by atoms with Crippen molar-refractivity contribution < 1.29 is 4.79 Å². The molecule has 0 fully saturated rings. The van der Waals surface area contributed by atoms with Crippen molar-refractivity contribution in [1.82, 2.24) is 10.2 Å². The van der Waals surface area contributed by atoms with Crippen molar-refractivity contribution in [3.05, 3.63) is 57.1 Å². The first-order valence-electron chi connectivity index (χ1n) is 8.27. The van der Waals surface area contributed by atoms with Gasteiger partial charge in [-0.15, -0.1) is 22.7 Å². The molecule has 5 heteroatoms. The summed E-state index contributed by atoms with van der Waals surface area (Å²) in [5.41, 5.74) is 1.45. The van der Waals surface area contributed by atoms with E-state index in [-0.39, 0.29) is 5.91 Å². The molecule has 3 heterocycles. The van der Waals surface area contributed by atoms with E-state index in [0.29, 0.717) is 12.6 Å². The Hall–Kier alpha value is -1.69. The third-order valence-electron chi connectivity index (χ3n) is 4.67. The number of amides is 1. The molecule has 4 rings (SSSR count). The van der Waals surface area contributed by atoms with Gasteiger partial charge in [0.1, 0.15) is 0 Å². The number of carbonyl (C=O) groups excluding carboxylic acids is 1. The third kappa shape index (κ3) is 3.11. The van der Waals surface area contributed by atoms with Crippen molar-refractivity contribution in [1.29, 1.82) is 0 Å². The number of thiophene rings is 2. The molecule has 2 aromatic heterocycles. The van der Waals surface area contributed by atoms with Crippen LogP contribution in [0.1, 0.15) is 27.0 Å². The zero-order valence-electron chi connectivity index (χ0n) is 13.6. The van der Waals surface area contributed by atoms with Crippen LogP contribution in [0.4, 0.5) is 0 Å². The molecule has 3 nitrogen and oxygen atoms in total. The Bertz CT molecular complexity index is 834. The van der Waals surface area contributed by atoms with Gasteiger partial charge in [0.25, 0.3) is 5.91 Å². The Labute approximate surface area is 149 Å². The number of nitrogens with zero attached hydrogens (tertiary/aromatic N) is 1. The molecule has 1 aliphatic rings. The van der Waals surface area contributed by atoms with Gasteiger partial charge < -0.3 is 5.32 Å². The van der Waals surface area contributed by atoms with E-state index in [1.807, 2.05) is 29.5 Å². The zero-order valence-corrected chi connectivity index (χ0v) is 15.3. The van der Waals surface area contributed by atoms with Gasteiger partial charge in [0.15, 0.2) is 0 Å². The normalized spacial score (nSPS) is 16.0. The molecule has 1 amide bonds. The van der Waals surface area contributed by atoms with Crippen molar-refractivity contribution >= 4 is 38.7 Å². The Kier molecular flexibility index (Phi) is 4.39. The SMILES string of the molecule is CC(CNC(=O)c1cc2ccccc2s1)N1CCc2sccc2C1. The number of benzene rings is 1. The zero-order chi connectivity index (χ0) is 16.5. The number of fused-ring (bicyclic) bond motifs is 2. The second-order valence-corrected chi connectivity index (χ2v) is 8.38. The first-order chi connectivity index (χ1) is 11.7. The fraction of sp³-hybridized carbons (Fsp3) is 0.316. The van der Waals surface area contributed by atoms with Crippen molar-refractivity contribution in [2.75, 3.05) is 13.1 Å². The van der Waals surface area contributed by atoms with Crippen LogP contribution in [-0.2, 0) is 13.0 Å². The first-order valence-corrected chi connectivity index (χ1v) is 9.96. The maximum absolute atomic E-state index is 12.4. The summed E-state index contributed by atoms with van der Waals surface area (Å²) in [6, 6.07) is 12.7. The highest BCUT2D eigenvalue weighted by Gasteiger charge is 2.22. The summed E-state index contributed by atoms with van der Waals surface area (Å²) in [4.78, 5) is 17.2. The van der Waals surface area contributed by atoms with E-state index in [2.05, 4.69) is 40.7 Å². The minimum atomic E-state index is 0.0382. The van der Waals surface area contributed by atoms with Crippen LogP contribution in [0.15, 0.2) is 41.8 Å².